The van der Waals surface area contributed by atoms with Crippen LogP contribution in [-0.4, -0.2) is 59.6 Å². The molecule has 2 fully saturated rings. The van der Waals surface area contributed by atoms with Crippen LogP contribution in [0.1, 0.15) is 31.2 Å². The van der Waals surface area contributed by atoms with Gasteiger partial charge in [-0.1, -0.05) is 30.3 Å². The van der Waals surface area contributed by atoms with E-state index in [9.17, 15) is 9.90 Å². The van der Waals surface area contributed by atoms with E-state index in [1.54, 1.807) is 4.90 Å². The van der Waals surface area contributed by atoms with Gasteiger partial charge in [-0.15, -0.1) is 24.8 Å². The number of nitrogens with two attached hydrogens (primary N) is 1. The van der Waals surface area contributed by atoms with Gasteiger partial charge in [0.15, 0.2) is 0 Å². The van der Waals surface area contributed by atoms with Crippen molar-refractivity contribution in [1.29, 1.82) is 0 Å². The summed E-state index contributed by atoms with van der Waals surface area (Å²) in [5.74, 6) is 0.00298. The van der Waals surface area contributed by atoms with Crippen molar-refractivity contribution in [2.45, 2.75) is 42.9 Å². The van der Waals surface area contributed by atoms with E-state index >= 15 is 0 Å². The van der Waals surface area contributed by atoms with Gasteiger partial charge in [0, 0.05) is 13.1 Å². The molecule has 0 unspecified atom stereocenters. The summed E-state index contributed by atoms with van der Waals surface area (Å²) in [5, 5.41) is 10.9. The van der Waals surface area contributed by atoms with Crippen molar-refractivity contribution in [1.82, 2.24) is 9.80 Å². The van der Waals surface area contributed by atoms with Crippen LogP contribution in [-0.2, 0) is 10.3 Å². The number of β-amino-alcohol motifs (C(OH)–C–C–N with tert-alkyl or cyclic N) is 1. The smallest absolute Gasteiger partial charge is 0.242 e. The molecule has 0 aromatic heterocycles. The minimum absolute atomic E-state index is 0. The molecule has 142 valence electrons. The fraction of sp³-hybridized carbons (Fsp3) is 0.611. The number of likely N-dealkylation sites (tertiary alicyclic amines) is 1. The second-order valence-corrected chi connectivity index (χ2v) is 7.21. The van der Waals surface area contributed by atoms with Crippen LogP contribution in [0, 0.1) is 0 Å². The maximum atomic E-state index is 12.6. The Hall–Kier alpha value is -0.850. The molecule has 0 spiro atoms. The Morgan fingerprint density at radius 1 is 1.20 bits per heavy atom. The fourth-order valence-electron chi connectivity index (χ4n) is 4.04. The van der Waals surface area contributed by atoms with E-state index in [0.29, 0.717) is 19.5 Å². The van der Waals surface area contributed by atoms with Gasteiger partial charge in [-0.2, -0.15) is 0 Å². The topological polar surface area (TPSA) is 69.8 Å². The van der Waals surface area contributed by atoms with Gasteiger partial charge < -0.3 is 15.7 Å². The van der Waals surface area contributed by atoms with Crippen molar-refractivity contribution in [3.05, 3.63) is 35.9 Å². The zero-order valence-electron chi connectivity index (χ0n) is 14.9. The third-order valence-electron chi connectivity index (χ3n) is 5.74. The van der Waals surface area contributed by atoms with Gasteiger partial charge >= 0.3 is 0 Å². The number of carbonyl (C=O) groups is 1. The quantitative estimate of drug-likeness (QED) is 0.825. The zero-order valence-corrected chi connectivity index (χ0v) is 16.5. The zero-order chi connectivity index (χ0) is 16.7. The van der Waals surface area contributed by atoms with Gasteiger partial charge in [0.2, 0.25) is 5.91 Å². The molecule has 2 aliphatic rings. The van der Waals surface area contributed by atoms with E-state index < -0.39 is 17.2 Å². The average Bonchev–Trinajstić information content (AvgIpc) is 2.52. The summed E-state index contributed by atoms with van der Waals surface area (Å²) >= 11 is 0. The molecule has 1 saturated carbocycles. The Bertz CT molecular complexity index is 581. The van der Waals surface area contributed by atoms with Gasteiger partial charge in [-0.25, -0.2) is 0 Å². The van der Waals surface area contributed by atoms with Crippen molar-refractivity contribution in [2.75, 3.05) is 27.2 Å². The lowest BCUT2D eigenvalue weighted by atomic mass is 9.74. The standard InChI is InChI=1S/C18H27N3O2.2ClH/c1-20(2)18(14-7-4-3-5-8-14)11-12-21(13-15(18)22)16(23)17(19)9-6-10-17;;/h3-5,7-8,15,22H,6,9-13,19H2,1-2H3;2*1H/t15-,18+;;/m1../s1. The molecule has 7 heteroatoms. The highest BCUT2D eigenvalue weighted by molar-refractivity contribution is 5.87. The summed E-state index contributed by atoms with van der Waals surface area (Å²) in [5.41, 5.74) is 6.12. The number of hydrogen-bond donors (Lipinski definition) is 2. The van der Waals surface area contributed by atoms with Gasteiger partial charge in [0.25, 0.3) is 0 Å². The Labute approximate surface area is 162 Å². The number of likely N-dealkylation sites (N-methyl/N-ethyl adjacent to an activating group) is 1. The number of benzene rings is 1. The molecule has 1 aliphatic carbocycles. The number of halogens is 2. The highest BCUT2D eigenvalue weighted by Gasteiger charge is 2.50. The molecule has 5 nitrogen and oxygen atoms in total. The summed E-state index contributed by atoms with van der Waals surface area (Å²) in [4.78, 5) is 16.5. The van der Waals surface area contributed by atoms with Gasteiger partial charge in [0.05, 0.1) is 17.2 Å². The summed E-state index contributed by atoms with van der Waals surface area (Å²) in [7, 11) is 3.98. The molecular weight excluding hydrogens is 361 g/mol. The molecule has 0 bridgehead atoms. The number of rotatable bonds is 3. The minimum Gasteiger partial charge on any atom is -0.389 e. The first-order valence-electron chi connectivity index (χ1n) is 8.39. The predicted octanol–water partition coefficient (Wildman–Crippen LogP) is 1.76. The molecule has 1 aliphatic heterocycles. The number of hydrogen-bond acceptors (Lipinski definition) is 4. The lowest BCUT2D eigenvalue weighted by molar-refractivity contribution is -0.149. The Kier molecular flexibility index (Phi) is 7.31. The minimum atomic E-state index is -0.690. The van der Waals surface area contributed by atoms with Crippen LogP contribution in [0.5, 0.6) is 0 Å². The van der Waals surface area contributed by atoms with Crippen molar-refractivity contribution < 1.29 is 9.90 Å². The molecule has 1 heterocycles. The molecule has 25 heavy (non-hydrogen) atoms. The lowest BCUT2D eigenvalue weighted by Gasteiger charge is -2.51. The summed E-state index contributed by atoms with van der Waals surface area (Å²) < 4.78 is 0. The number of nitrogens with zero attached hydrogens (tertiary/aromatic N) is 2. The van der Waals surface area contributed by atoms with E-state index in [-0.39, 0.29) is 30.7 Å². The van der Waals surface area contributed by atoms with E-state index in [0.717, 1.165) is 24.8 Å². The predicted molar refractivity (Wildman–Crippen MR) is 104 cm³/mol. The van der Waals surface area contributed by atoms with Crippen LogP contribution >= 0.6 is 24.8 Å². The van der Waals surface area contributed by atoms with Crippen molar-refractivity contribution in [3.63, 3.8) is 0 Å². The maximum Gasteiger partial charge on any atom is 0.242 e. The molecule has 3 N–H and O–H groups in total. The second kappa shape index (κ2) is 8.23. The van der Waals surface area contributed by atoms with Gasteiger partial charge in [0.1, 0.15) is 0 Å². The van der Waals surface area contributed by atoms with Crippen LogP contribution in [0.25, 0.3) is 0 Å². The van der Waals surface area contributed by atoms with Crippen molar-refractivity contribution >= 4 is 30.7 Å². The molecule has 1 aromatic carbocycles. The molecule has 3 rings (SSSR count). The van der Waals surface area contributed by atoms with Gasteiger partial charge in [-0.05, 0) is 45.3 Å². The fourth-order valence-corrected chi connectivity index (χ4v) is 4.04. The van der Waals surface area contributed by atoms with Gasteiger partial charge in [-0.3, -0.25) is 9.69 Å². The first-order chi connectivity index (χ1) is 10.9. The highest BCUT2D eigenvalue weighted by atomic mass is 35.5. The Morgan fingerprint density at radius 2 is 1.80 bits per heavy atom. The third kappa shape index (κ3) is 3.67. The first kappa shape index (κ1) is 22.2. The highest BCUT2D eigenvalue weighted by Crippen LogP contribution is 2.39. The largest absolute Gasteiger partial charge is 0.389 e. The van der Waals surface area contributed by atoms with Crippen LogP contribution in [0.4, 0.5) is 0 Å². The number of piperidine rings is 1. The number of aliphatic hydroxyl groups is 1. The normalized spacial score (nSPS) is 27.7. The lowest BCUT2D eigenvalue weighted by Crippen LogP contribution is -2.66. The van der Waals surface area contributed by atoms with E-state index in [4.69, 9.17) is 5.73 Å². The van der Waals surface area contributed by atoms with Crippen LogP contribution in [0.3, 0.4) is 0 Å². The second-order valence-electron chi connectivity index (χ2n) is 7.21. The average molecular weight is 390 g/mol. The van der Waals surface area contributed by atoms with Crippen LogP contribution < -0.4 is 5.73 Å². The molecule has 1 aromatic rings. The SMILES string of the molecule is CN(C)[C@]1(c2ccccc2)CCN(C(=O)C2(N)CCC2)C[C@H]1O.Cl.Cl. The van der Waals surface area contributed by atoms with Crippen LogP contribution in [0.15, 0.2) is 30.3 Å². The molecule has 0 radical (unpaired) electrons. The molecule has 2 atom stereocenters. The van der Waals surface area contributed by atoms with Crippen LogP contribution in [0.2, 0.25) is 0 Å². The number of carbonyl (C=O) groups excluding carboxylic acids is 1. The van der Waals surface area contributed by atoms with E-state index in [1.165, 1.54) is 0 Å². The number of aliphatic hydroxyl groups excluding tert-OH is 1. The molecule has 1 saturated heterocycles. The monoisotopic (exact) mass is 389 g/mol. The Morgan fingerprint density at radius 3 is 2.24 bits per heavy atom. The first-order valence-corrected chi connectivity index (χ1v) is 8.39. The summed E-state index contributed by atoms with van der Waals surface area (Å²) in [6, 6.07) is 10.1. The summed E-state index contributed by atoms with van der Waals surface area (Å²) in [6.45, 7) is 0.965. The van der Waals surface area contributed by atoms with E-state index in [1.807, 2.05) is 32.3 Å². The Balaban J connectivity index is 0.00000156. The molecule has 1 amide bonds. The molecular formula is C18H29Cl2N3O2. The third-order valence-corrected chi connectivity index (χ3v) is 5.74. The van der Waals surface area contributed by atoms with Crippen molar-refractivity contribution in [3.8, 4) is 0 Å². The summed E-state index contributed by atoms with van der Waals surface area (Å²) in [6.07, 6.45) is 2.60. The number of amides is 1. The van der Waals surface area contributed by atoms with Crippen molar-refractivity contribution in [2.24, 2.45) is 5.73 Å². The van der Waals surface area contributed by atoms with E-state index in [2.05, 4.69) is 17.0 Å². The maximum absolute atomic E-state index is 12.6.